The first-order valence-corrected chi connectivity index (χ1v) is 5.17. The van der Waals surface area contributed by atoms with E-state index < -0.39 is 17.6 Å². The van der Waals surface area contributed by atoms with Crippen molar-refractivity contribution in [3.63, 3.8) is 0 Å². The van der Waals surface area contributed by atoms with E-state index in [0.717, 1.165) is 19.3 Å². The van der Waals surface area contributed by atoms with Gasteiger partial charge in [0, 0.05) is 6.54 Å². The van der Waals surface area contributed by atoms with E-state index in [4.69, 9.17) is 5.73 Å². The monoisotopic (exact) mass is 299 g/mol. The summed E-state index contributed by atoms with van der Waals surface area (Å²) >= 11 is 0. The second-order valence-corrected chi connectivity index (χ2v) is 3.59. The molecular formula is C12H14ClF4NO. The van der Waals surface area contributed by atoms with Crippen molar-refractivity contribution < 1.29 is 22.3 Å². The number of ether oxygens (including phenoxy) is 1. The Balaban J connectivity index is 0.00000324. The Kier molecular flexibility index (Phi) is 6.86. The fourth-order valence-electron chi connectivity index (χ4n) is 1.42. The van der Waals surface area contributed by atoms with Crippen molar-refractivity contribution in [1.82, 2.24) is 0 Å². The first-order valence-electron chi connectivity index (χ1n) is 5.17. The van der Waals surface area contributed by atoms with Gasteiger partial charge in [-0.3, -0.25) is 0 Å². The van der Waals surface area contributed by atoms with E-state index in [-0.39, 0.29) is 31.1 Å². The Labute approximate surface area is 114 Å². The summed E-state index contributed by atoms with van der Waals surface area (Å²) in [6.07, 6.45) is -3.30. The third-order valence-corrected chi connectivity index (χ3v) is 2.32. The van der Waals surface area contributed by atoms with Crippen LogP contribution in [0, 0.1) is 0 Å². The van der Waals surface area contributed by atoms with E-state index in [1.165, 1.54) is 12.1 Å². The van der Waals surface area contributed by atoms with Crippen molar-refractivity contribution in [2.24, 2.45) is 5.73 Å². The van der Waals surface area contributed by atoms with Gasteiger partial charge < -0.3 is 10.5 Å². The lowest BCUT2D eigenvalue weighted by atomic mass is 10.1. The standard InChI is InChI=1S/C12H13F4NO.ClH/c1-18-11-5-3-8(2-4-9(13)7-17)6-10(11)12(14,15)16;/h3-6H,2,7,17H2,1H3;1H. The number of benzene rings is 1. The highest BCUT2D eigenvalue weighted by molar-refractivity contribution is 5.85. The quantitative estimate of drug-likeness (QED) is 0.864. The summed E-state index contributed by atoms with van der Waals surface area (Å²) in [5, 5.41) is 0. The van der Waals surface area contributed by atoms with Gasteiger partial charge in [0.2, 0.25) is 0 Å². The highest BCUT2D eigenvalue weighted by atomic mass is 35.5. The average molecular weight is 300 g/mol. The van der Waals surface area contributed by atoms with E-state index >= 15 is 0 Å². The molecule has 1 aromatic rings. The van der Waals surface area contributed by atoms with Crippen molar-refractivity contribution in [3.05, 3.63) is 41.2 Å². The van der Waals surface area contributed by atoms with Crippen molar-refractivity contribution in [3.8, 4) is 5.75 Å². The maximum Gasteiger partial charge on any atom is 0.419 e. The molecule has 0 aliphatic rings. The predicted molar refractivity (Wildman–Crippen MR) is 67.2 cm³/mol. The highest BCUT2D eigenvalue weighted by Crippen LogP contribution is 2.36. The SMILES string of the molecule is COc1ccc(CC=C(F)CN)cc1C(F)(F)F.Cl. The second-order valence-electron chi connectivity index (χ2n) is 3.59. The molecule has 0 radical (unpaired) electrons. The summed E-state index contributed by atoms with van der Waals surface area (Å²) in [4.78, 5) is 0. The number of hydrogen-bond acceptors (Lipinski definition) is 2. The van der Waals surface area contributed by atoms with Gasteiger partial charge in [0.1, 0.15) is 11.6 Å². The molecule has 0 aliphatic heterocycles. The number of alkyl halides is 3. The Bertz CT molecular complexity index is 446. The molecule has 0 aliphatic carbocycles. The van der Waals surface area contributed by atoms with Crippen molar-refractivity contribution in [2.75, 3.05) is 13.7 Å². The van der Waals surface area contributed by atoms with E-state index in [1.54, 1.807) is 0 Å². The number of nitrogens with two attached hydrogens (primary N) is 1. The van der Waals surface area contributed by atoms with Gasteiger partial charge in [0.05, 0.1) is 12.7 Å². The average Bonchev–Trinajstić information content (AvgIpc) is 2.34. The van der Waals surface area contributed by atoms with Crippen LogP contribution in [0.3, 0.4) is 0 Å². The zero-order valence-electron chi connectivity index (χ0n) is 10.1. The third-order valence-electron chi connectivity index (χ3n) is 2.32. The highest BCUT2D eigenvalue weighted by Gasteiger charge is 2.34. The fraction of sp³-hybridized carbons (Fsp3) is 0.333. The molecule has 0 aromatic heterocycles. The van der Waals surface area contributed by atoms with Gasteiger partial charge in [-0.05, 0) is 30.2 Å². The molecule has 19 heavy (non-hydrogen) atoms. The van der Waals surface area contributed by atoms with Crippen LogP contribution in [0.5, 0.6) is 5.75 Å². The van der Waals surface area contributed by atoms with E-state index in [9.17, 15) is 17.6 Å². The lowest BCUT2D eigenvalue weighted by Gasteiger charge is -2.12. The van der Waals surface area contributed by atoms with Crippen LogP contribution in [0.15, 0.2) is 30.1 Å². The minimum Gasteiger partial charge on any atom is -0.496 e. The van der Waals surface area contributed by atoms with Crippen LogP contribution in [0.4, 0.5) is 17.6 Å². The van der Waals surface area contributed by atoms with Crippen molar-refractivity contribution >= 4 is 12.4 Å². The summed E-state index contributed by atoms with van der Waals surface area (Å²) in [5.41, 5.74) is 4.51. The maximum absolute atomic E-state index is 12.8. The molecule has 2 N–H and O–H groups in total. The van der Waals surface area contributed by atoms with Crippen LogP contribution in [-0.4, -0.2) is 13.7 Å². The van der Waals surface area contributed by atoms with Crippen LogP contribution >= 0.6 is 12.4 Å². The Morgan fingerprint density at radius 2 is 2.00 bits per heavy atom. The third kappa shape index (κ3) is 5.08. The fourth-order valence-corrected chi connectivity index (χ4v) is 1.42. The van der Waals surface area contributed by atoms with Crippen LogP contribution in [0.1, 0.15) is 11.1 Å². The van der Waals surface area contributed by atoms with Crippen molar-refractivity contribution in [2.45, 2.75) is 12.6 Å². The molecule has 0 unspecified atom stereocenters. The van der Waals surface area contributed by atoms with Gasteiger partial charge in [-0.15, -0.1) is 12.4 Å². The number of allylic oxidation sites excluding steroid dienone is 1. The summed E-state index contributed by atoms with van der Waals surface area (Å²) in [5.74, 6) is -0.811. The summed E-state index contributed by atoms with van der Waals surface area (Å²) < 4.78 is 55.5. The van der Waals surface area contributed by atoms with Gasteiger partial charge in [-0.1, -0.05) is 6.07 Å². The maximum atomic E-state index is 12.8. The molecule has 2 nitrogen and oxygen atoms in total. The zero-order valence-corrected chi connectivity index (χ0v) is 10.9. The van der Waals surface area contributed by atoms with Gasteiger partial charge in [0.15, 0.2) is 0 Å². The molecule has 0 saturated carbocycles. The summed E-state index contributed by atoms with van der Waals surface area (Å²) in [7, 11) is 1.16. The Hall–Kier alpha value is -1.27. The van der Waals surface area contributed by atoms with Gasteiger partial charge >= 0.3 is 6.18 Å². The number of halogens is 5. The zero-order chi connectivity index (χ0) is 13.8. The first-order chi connectivity index (χ1) is 8.38. The lowest BCUT2D eigenvalue weighted by molar-refractivity contribution is -0.138. The molecule has 108 valence electrons. The largest absolute Gasteiger partial charge is 0.496 e. The Morgan fingerprint density at radius 3 is 2.47 bits per heavy atom. The molecule has 0 fully saturated rings. The smallest absolute Gasteiger partial charge is 0.419 e. The first kappa shape index (κ1) is 17.7. The summed E-state index contributed by atoms with van der Waals surface area (Å²) in [6.45, 7) is -0.262. The molecule has 0 amide bonds. The minimum atomic E-state index is -4.50. The van der Waals surface area contributed by atoms with Gasteiger partial charge in [-0.25, -0.2) is 4.39 Å². The van der Waals surface area contributed by atoms with Gasteiger partial charge in [0.25, 0.3) is 0 Å². The Morgan fingerprint density at radius 1 is 1.37 bits per heavy atom. The van der Waals surface area contributed by atoms with E-state index in [1.807, 2.05) is 0 Å². The molecular weight excluding hydrogens is 286 g/mol. The number of rotatable bonds is 4. The van der Waals surface area contributed by atoms with E-state index in [0.29, 0.717) is 5.56 Å². The normalized spacial score (nSPS) is 12.0. The lowest BCUT2D eigenvalue weighted by Crippen LogP contribution is -2.08. The molecule has 0 saturated heterocycles. The second kappa shape index (κ2) is 7.35. The van der Waals surface area contributed by atoms with Crippen LogP contribution in [-0.2, 0) is 12.6 Å². The number of methoxy groups -OCH3 is 1. The van der Waals surface area contributed by atoms with Gasteiger partial charge in [-0.2, -0.15) is 13.2 Å². The molecule has 7 heteroatoms. The molecule has 1 rings (SSSR count). The number of hydrogen-bond donors (Lipinski definition) is 1. The molecule has 0 bridgehead atoms. The molecule has 1 aromatic carbocycles. The molecule has 0 spiro atoms. The van der Waals surface area contributed by atoms with Crippen LogP contribution < -0.4 is 10.5 Å². The topological polar surface area (TPSA) is 35.2 Å². The predicted octanol–water partition coefficient (Wildman–Crippen LogP) is 3.49. The molecule has 0 atom stereocenters. The van der Waals surface area contributed by atoms with Crippen LogP contribution in [0.25, 0.3) is 0 Å². The minimum absolute atomic E-state index is 0. The molecule has 0 heterocycles. The summed E-state index contributed by atoms with van der Waals surface area (Å²) in [6, 6.07) is 3.61. The van der Waals surface area contributed by atoms with Crippen LogP contribution in [0.2, 0.25) is 0 Å². The van der Waals surface area contributed by atoms with E-state index in [2.05, 4.69) is 4.74 Å². The van der Waals surface area contributed by atoms with Crippen molar-refractivity contribution in [1.29, 1.82) is 0 Å².